The monoisotopic (exact) mass is 347 g/mol. The predicted octanol–water partition coefficient (Wildman–Crippen LogP) is 3.64. The Kier molecular flexibility index (Phi) is 6.04. The summed E-state index contributed by atoms with van der Waals surface area (Å²) in [6, 6.07) is 7.75. The summed E-state index contributed by atoms with van der Waals surface area (Å²) >= 11 is 1.30. The molecule has 0 fully saturated rings. The Bertz CT molecular complexity index is 739. The van der Waals surface area contributed by atoms with Crippen molar-refractivity contribution < 1.29 is 4.79 Å². The minimum absolute atomic E-state index is 0.0398. The van der Waals surface area contributed by atoms with Gasteiger partial charge in [-0.15, -0.1) is 5.10 Å². The van der Waals surface area contributed by atoms with Gasteiger partial charge in [-0.3, -0.25) is 9.36 Å². The molecule has 1 heterocycles. The first kappa shape index (κ1) is 18.5. The lowest BCUT2D eigenvalue weighted by Crippen LogP contribution is -2.18. The minimum atomic E-state index is -0.215. The van der Waals surface area contributed by atoms with E-state index in [2.05, 4.69) is 37.9 Å². The number of carbonyl (C=O) groups excluding carboxylic acids is 1. The van der Waals surface area contributed by atoms with E-state index in [9.17, 15) is 9.59 Å². The highest BCUT2D eigenvalue weighted by Crippen LogP contribution is 2.23. The molecule has 0 radical (unpaired) electrons. The number of rotatable bonds is 7. The largest absolute Gasteiger partial charge is 0.343 e. The molecule has 0 amide bonds. The van der Waals surface area contributed by atoms with Gasteiger partial charge in [-0.05, 0) is 17.4 Å². The van der Waals surface area contributed by atoms with Gasteiger partial charge in [0.1, 0.15) is 0 Å². The molecule has 2 aromatic rings. The fraction of sp³-hybridized carbons (Fsp3) is 0.500. The standard InChI is InChI=1S/C18H25N3O2S/c1-5-6-11-21-16(23)19-20-17(21)24-12-15(22)13-7-9-14(10-8-13)18(2,3)4/h7-10H,5-6,11-12H2,1-4H3,(H,19,23). The van der Waals surface area contributed by atoms with Crippen LogP contribution in [0.15, 0.2) is 34.2 Å². The van der Waals surface area contributed by atoms with Crippen molar-refractivity contribution in [1.82, 2.24) is 14.8 Å². The summed E-state index contributed by atoms with van der Waals surface area (Å²) in [7, 11) is 0. The van der Waals surface area contributed by atoms with Gasteiger partial charge in [-0.25, -0.2) is 9.89 Å². The number of carbonyl (C=O) groups is 1. The van der Waals surface area contributed by atoms with E-state index in [0.29, 0.717) is 17.3 Å². The van der Waals surface area contributed by atoms with E-state index in [1.807, 2.05) is 24.3 Å². The molecule has 0 aliphatic carbocycles. The van der Waals surface area contributed by atoms with E-state index < -0.39 is 0 Å². The molecule has 0 atom stereocenters. The quantitative estimate of drug-likeness (QED) is 0.613. The van der Waals surface area contributed by atoms with Gasteiger partial charge in [0.25, 0.3) is 0 Å². The number of unbranched alkanes of at least 4 members (excludes halogenated alkanes) is 1. The number of thioether (sulfide) groups is 1. The predicted molar refractivity (Wildman–Crippen MR) is 98.0 cm³/mol. The molecule has 130 valence electrons. The molecule has 0 bridgehead atoms. The van der Waals surface area contributed by atoms with E-state index in [1.54, 1.807) is 4.57 Å². The number of nitrogens with zero attached hydrogens (tertiary/aromatic N) is 2. The molecule has 1 aromatic carbocycles. The number of hydrogen-bond donors (Lipinski definition) is 1. The zero-order valence-electron chi connectivity index (χ0n) is 14.8. The summed E-state index contributed by atoms with van der Waals surface area (Å²) in [4.78, 5) is 24.1. The molecule has 6 heteroatoms. The summed E-state index contributed by atoms with van der Waals surface area (Å²) in [5.41, 5.74) is 1.74. The number of ketones is 1. The summed E-state index contributed by atoms with van der Waals surface area (Å²) in [5, 5.41) is 7.05. The molecule has 0 unspecified atom stereocenters. The van der Waals surface area contributed by atoms with Crippen molar-refractivity contribution in [3.05, 3.63) is 45.9 Å². The van der Waals surface area contributed by atoms with Crippen molar-refractivity contribution in [2.24, 2.45) is 0 Å². The van der Waals surface area contributed by atoms with Crippen LogP contribution in [0, 0.1) is 0 Å². The highest BCUT2D eigenvalue weighted by atomic mass is 32.2. The molecule has 1 aromatic heterocycles. The topological polar surface area (TPSA) is 67.8 Å². The average Bonchev–Trinajstić information content (AvgIpc) is 2.90. The number of aromatic amines is 1. The lowest BCUT2D eigenvalue weighted by molar-refractivity contribution is 0.102. The Morgan fingerprint density at radius 2 is 1.92 bits per heavy atom. The number of Topliss-reactive ketones (excluding diaryl/α,β-unsaturated/α-hetero) is 1. The van der Waals surface area contributed by atoms with Gasteiger partial charge in [-0.1, -0.05) is 70.1 Å². The van der Waals surface area contributed by atoms with Gasteiger partial charge < -0.3 is 0 Å². The molecule has 0 aliphatic heterocycles. The van der Waals surface area contributed by atoms with Crippen LogP contribution >= 0.6 is 11.8 Å². The lowest BCUT2D eigenvalue weighted by Gasteiger charge is -2.18. The Labute approximate surface area is 146 Å². The van der Waals surface area contributed by atoms with Crippen molar-refractivity contribution >= 4 is 17.5 Å². The van der Waals surface area contributed by atoms with Crippen molar-refractivity contribution in [3.63, 3.8) is 0 Å². The molecule has 0 aliphatic rings. The number of nitrogens with one attached hydrogen (secondary N) is 1. The molecule has 2 rings (SSSR count). The first-order chi connectivity index (χ1) is 11.3. The fourth-order valence-electron chi connectivity index (χ4n) is 2.30. The molecule has 5 nitrogen and oxygen atoms in total. The molecule has 0 saturated carbocycles. The molecule has 24 heavy (non-hydrogen) atoms. The van der Waals surface area contributed by atoms with E-state index in [4.69, 9.17) is 0 Å². The Morgan fingerprint density at radius 1 is 1.25 bits per heavy atom. The van der Waals surface area contributed by atoms with Crippen LogP contribution in [0.25, 0.3) is 0 Å². The lowest BCUT2D eigenvalue weighted by atomic mass is 9.86. The van der Waals surface area contributed by atoms with Crippen LogP contribution in [0.5, 0.6) is 0 Å². The Hall–Kier alpha value is -1.82. The molecule has 0 spiro atoms. The van der Waals surface area contributed by atoms with E-state index >= 15 is 0 Å². The summed E-state index contributed by atoms with van der Waals surface area (Å²) in [6.45, 7) is 9.14. The van der Waals surface area contributed by atoms with Crippen molar-refractivity contribution in [2.75, 3.05) is 5.75 Å². The first-order valence-electron chi connectivity index (χ1n) is 8.24. The van der Waals surface area contributed by atoms with E-state index in [1.165, 1.54) is 17.3 Å². The van der Waals surface area contributed by atoms with Gasteiger partial charge in [0, 0.05) is 12.1 Å². The SMILES string of the molecule is CCCCn1c(SCC(=O)c2ccc(C(C)(C)C)cc2)n[nH]c1=O. The number of aromatic nitrogens is 3. The van der Waals surface area contributed by atoms with Gasteiger partial charge >= 0.3 is 5.69 Å². The normalized spacial score (nSPS) is 11.7. The third kappa shape index (κ3) is 4.60. The number of benzene rings is 1. The molecule has 1 N–H and O–H groups in total. The number of H-pyrrole nitrogens is 1. The zero-order chi connectivity index (χ0) is 17.7. The highest BCUT2D eigenvalue weighted by Gasteiger charge is 2.15. The Balaban J connectivity index is 2.02. The van der Waals surface area contributed by atoms with Crippen LogP contribution in [0.1, 0.15) is 56.5 Å². The maximum Gasteiger partial charge on any atom is 0.343 e. The first-order valence-corrected chi connectivity index (χ1v) is 9.23. The second kappa shape index (κ2) is 7.83. The van der Waals surface area contributed by atoms with Crippen LogP contribution in [0.2, 0.25) is 0 Å². The van der Waals surface area contributed by atoms with Crippen LogP contribution in [-0.4, -0.2) is 26.3 Å². The van der Waals surface area contributed by atoms with E-state index in [0.717, 1.165) is 12.8 Å². The van der Waals surface area contributed by atoms with Crippen LogP contribution in [0.4, 0.5) is 0 Å². The smallest absolute Gasteiger partial charge is 0.293 e. The van der Waals surface area contributed by atoms with Crippen molar-refractivity contribution in [3.8, 4) is 0 Å². The average molecular weight is 347 g/mol. The van der Waals surface area contributed by atoms with Crippen molar-refractivity contribution in [1.29, 1.82) is 0 Å². The van der Waals surface area contributed by atoms with Gasteiger partial charge in [0.05, 0.1) is 5.75 Å². The van der Waals surface area contributed by atoms with E-state index in [-0.39, 0.29) is 22.6 Å². The highest BCUT2D eigenvalue weighted by molar-refractivity contribution is 7.99. The van der Waals surface area contributed by atoms with Crippen molar-refractivity contribution in [2.45, 2.75) is 57.7 Å². The molecular formula is C18H25N3O2S. The summed E-state index contributed by atoms with van der Waals surface area (Å²) in [5.74, 6) is 0.309. The Morgan fingerprint density at radius 3 is 2.50 bits per heavy atom. The van der Waals surface area contributed by atoms with Gasteiger partial charge in [0.2, 0.25) is 0 Å². The summed E-state index contributed by atoms with van der Waals surface area (Å²) in [6.07, 6.45) is 1.91. The van der Waals surface area contributed by atoms with Gasteiger partial charge in [0.15, 0.2) is 10.9 Å². The van der Waals surface area contributed by atoms with Gasteiger partial charge in [-0.2, -0.15) is 0 Å². The fourth-order valence-corrected chi connectivity index (χ4v) is 3.16. The van der Waals surface area contributed by atoms with Crippen LogP contribution in [-0.2, 0) is 12.0 Å². The van der Waals surface area contributed by atoms with Crippen LogP contribution in [0.3, 0.4) is 0 Å². The molecule has 0 saturated heterocycles. The maximum absolute atomic E-state index is 12.4. The number of hydrogen-bond acceptors (Lipinski definition) is 4. The maximum atomic E-state index is 12.4. The second-order valence-corrected chi connectivity index (χ2v) is 7.80. The van der Waals surface area contributed by atoms with Crippen LogP contribution < -0.4 is 5.69 Å². The zero-order valence-corrected chi connectivity index (χ0v) is 15.6. The summed E-state index contributed by atoms with van der Waals surface area (Å²) < 4.78 is 1.60. The molecular weight excluding hydrogens is 322 g/mol. The third-order valence-electron chi connectivity index (χ3n) is 3.86. The second-order valence-electron chi connectivity index (χ2n) is 6.86. The minimum Gasteiger partial charge on any atom is -0.293 e. The third-order valence-corrected chi connectivity index (χ3v) is 4.84.